The van der Waals surface area contributed by atoms with Crippen LogP contribution in [0, 0.1) is 11.2 Å². The Morgan fingerprint density at radius 3 is 2.18 bits per heavy atom. The van der Waals surface area contributed by atoms with E-state index in [1.807, 2.05) is 0 Å². The zero-order chi connectivity index (χ0) is 18.6. The number of nitrogens with one attached hydrogen (secondary N) is 1. The smallest absolute Gasteiger partial charge is 0.233 e. The van der Waals surface area contributed by atoms with Crippen molar-refractivity contribution in [1.82, 2.24) is 15.1 Å². The van der Waals surface area contributed by atoms with Crippen LogP contribution in [0.1, 0.15) is 38.7 Å². The second kappa shape index (κ2) is 8.10. The Labute approximate surface area is 180 Å². The summed E-state index contributed by atoms with van der Waals surface area (Å²) < 4.78 is 13.4. The predicted molar refractivity (Wildman–Crippen MR) is 115 cm³/mol. The molecule has 0 radical (unpaired) electrons. The molecule has 1 unspecified atom stereocenters. The van der Waals surface area contributed by atoms with Gasteiger partial charge in [0.2, 0.25) is 5.91 Å². The number of halogens is 3. The Hall–Kier alpha value is -0.880. The summed E-state index contributed by atoms with van der Waals surface area (Å²) in [6.45, 7) is 8.86. The Bertz CT molecular complexity index is 706. The molecule has 1 amide bonds. The van der Waals surface area contributed by atoms with Gasteiger partial charge in [-0.25, -0.2) is 4.39 Å². The van der Waals surface area contributed by atoms with E-state index in [2.05, 4.69) is 36.0 Å². The van der Waals surface area contributed by atoms with Crippen molar-refractivity contribution in [3.05, 3.63) is 35.6 Å². The molecule has 28 heavy (non-hydrogen) atoms. The molecule has 4 rings (SSSR count). The Morgan fingerprint density at radius 1 is 1.07 bits per heavy atom. The number of rotatable bonds is 2. The standard InChI is InChI=1S/C21H30FN3O.2ClH/c1-19(2)14-21(19,16-4-6-17(22)7-5-16)18(26)25-13-12-24(3)20(15-25)8-10-23-11-9-20;;/h4-7,23H,8-15H2,1-3H3;2*1H. The topological polar surface area (TPSA) is 35.6 Å². The summed E-state index contributed by atoms with van der Waals surface area (Å²) in [5.41, 5.74) is 0.492. The van der Waals surface area contributed by atoms with Gasteiger partial charge in [-0.15, -0.1) is 24.8 Å². The lowest BCUT2D eigenvalue weighted by Crippen LogP contribution is -2.65. The van der Waals surface area contributed by atoms with Gasteiger partial charge in [0.25, 0.3) is 0 Å². The zero-order valence-corrected chi connectivity index (χ0v) is 18.6. The molecule has 2 saturated heterocycles. The fraction of sp³-hybridized carbons (Fsp3) is 0.667. The number of carbonyl (C=O) groups is 1. The van der Waals surface area contributed by atoms with Gasteiger partial charge >= 0.3 is 0 Å². The highest BCUT2D eigenvalue weighted by molar-refractivity contribution is 5.93. The molecular weight excluding hydrogens is 400 g/mol. The molecule has 1 N–H and O–H groups in total. The van der Waals surface area contributed by atoms with Crippen molar-refractivity contribution in [1.29, 1.82) is 0 Å². The number of nitrogens with zero attached hydrogens (tertiary/aromatic N) is 2. The third-order valence-electron chi connectivity index (χ3n) is 7.26. The molecule has 158 valence electrons. The van der Waals surface area contributed by atoms with Crippen LogP contribution in [0.25, 0.3) is 0 Å². The average molecular weight is 432 g/mol. The van der Waals surface area contributed by atoms with Crippen molar-refractivity contribution < 1.29 is 9.18 Å². The normalized spacial score (nSPS) is 28.2. The molecule has 0 bridgehead atoms. The van der Waals surface area contributed by atoms with Crippen molar-refractivity contribution in [3.8, 4) is 0 Å². The summed E-state index contributed by atoms with van der Waals surface area (Å²) in [6, 6.07) is 6.57. The number of likely N-dealkylation sites (N-methyl/N-ethyl adjacent to an activating group) is 1. The van der Waals surface area contributed by atoms with Gasteiger partial charge in [-0.2, -0.15) is 0 Å². The van der Waals surface area contributed by atoms with Gasteiger partial charge < -0.3 is 10.2 Å². The molecule has 2 heterocycles. The van der Waals surface area contributed by atoms with Gasteiger partial charge in [0.1, 0.15) is 5.82 Å². The van der Waals surface area contributed by atoms with Crippen LogP contribution >= 0.6 is 24.8 Å². The van der Waals surface area contributed by atoms with Crippen LogP contribution in [0.4, 0.5) is 4.39 Å². The first kappa shape index (κ1) is 23.4. The lowest BCUT2D eigenvalue weighted by Gasteiger charge is -2.52. The third kappa shape index (κ3) is 3.55. The van der Waals surface area contributed by atoms with Crippen LogP contribution in [-0.4, -0.2) is 61.0 Å². The molecule has 1 saturated carbocycles. The van der Waals surface area contributed by atoms with E-state index in [1.54, 1.807) is 12.1 Å². The molecular formula is C21H32Cl2FN3O. The van der Waals surface area contributed by atoms with Gasteiger partial charge in [0.15, 0.2) is 0 Å². The molecule has 3 fully saturated rings. The van der Waals surface area contributed by atoms with Gasteiger partial charge in [-0.1, -0.05) is 26.0 Å². The van der Waals surface area contributed by atoms with E-state index < -0.39 is 5.41 Å². The highest BCUT2D eigenvalue weighted by Gasteiger charge is 2.68. The minimum atomic E-state index is -0.495. The van der Waals surface area contributed by atoms with Gasteiger partial charge in [-0.3, -0.25) is 9.69 Å². The monoisotopic (exact) mass is 431 g/mol. The number of amides is 1. The Kier molecular flexibility index (Phi) is 6.77. The van der Waals surface area contributed by atoms with E-state index in [-0.39, 0.29) is 47.5 Å². The van der Waals surface area contributed by atoms with Crippen LogP contribution in [0.3, 0.4) is 0 Å². The SMILES string of the molecule is CN1CCN(C(=O)C2(c3ccc(F)cc3)CC2(C)C)CC12CCNCC2.Cl.Cl. The van der Waals surface area contributed by atoms with E-state index in [9.17, 15) is 9.18 Å². The second-order valence-corrected chi connectivity index (χ2v) is 9.10. The molecule has 7 heteroatoms. The van der Waals surface area contributed by atoms with Gasteiger partial charge in [-0.05, 0) is 62.5 Å². The van der Waals surface area contributed by atoms with E-state index in [0.29, 0.717) is 0 Å². The van der Waals surface area contributed by atoms with Crippen molar-refractivity contribution in [2.75, 3.05) is 39.8 Å². The van der Waals surface area contributed by atoms with E-state index in [4.69, 9.17) is 0 Å². The summed E-state index contributed by atoms with van der Waals surface area (Å²) in [5.74, 6) is -0.0109. The molecule has 1 atom stereocenters. The number of piperidine rings is 1. The Balaban J connectivity index is 0.00000140. The number of hydrogen-bond donors (Lipinski definition) is 1. The lowest BCUT2D eigenvalue weighted by atomic mass is 9.82. The van der Waals surface area contributed by atoms with Crippen LogP contribution < -0.4 is 5.32 Å². The summed E-state index contributed by atoms with van der Waals surface area (Å²) in [7, 11) is 2.20. The zero-order valence-electron chi connectivity index (χ0n) is 17.0. The first-order valence-corrected chi connectivity index (χ1v) is 9.78. The average Bonchev–Trinajstić information content (AvgIpc) is 3.22. The summed E-state index contributed by atoms with van der Waals surface area (Å²) in [5, 5.41) is 3.44. The second-order valence-electron chi connectivity index (χ2n) is 9.10. The van der Waals surface area contributed by atoms with E-state index in [0.717, 1.165) is 57.5 Å². The van der Waals surface area contributed by atoms with Crippen molar-refractivity contribution in [2.45, 2.75) is 44.1 Å². The van der Waals surface area contributed by atoms with Crippen molar-refractivity contribution in [2.24, 2.45) is 5.41 Å². The van der Waals surface area contributed by atoms with E-state index >= 15 is 0 Å². The molecule has 3 aliphatic rings. The summed E-state index contributed by atoms with van der Waals surface area (Å²) in [6.07, 6.45) is 3.01. The lowest BCUT2D eigenvalue weighted by molar-refractivity contribution is -0.141. The maximum absolute atomic E-state index is 13.7. The number of piperazine rings is 1. The fourth-order valence-electron chi connectivity index (χ4n) is 5.27. The fourth-order valence-corrected chi connectivity index (χ4v) is 5.27. The maximum atomic E-state index is 13.7. The van der Waals surface area contributed by atoms with Crippen LogP contribution in [0.2, 0.25) is 0 Å². The van der Waals surface area contributed by atoms with Crippen LogP contribution in [0.15, 0.2) is 24.3 Å². The largest absolute Gasteiger partial charge is 0.339 e. The van der Waals surface area contributed by atoms with Crippen LogP contribution in [0.5, 0.6) is 0 Å². The molecule has 1 aromatic carbocycles. The molecule has 4 nitrogen and oxygen atoms in total. The molecule has 1 aromatic rings. The quantitative estimate of drug-likeness (QED) is 0.780. The number of carbonyl (C=O) groups excluding carboxylic acids is 1. The summed E-state index contributed by atoms with van der Waals surface area (Å²) in [4.78, 5) is 18.3. The highest BCUT2D eigenvalue weighted by atomic mass is 35.5. The van der Waals surface area contributed by atoms with E-state index in [1.165, 1.54) is 12.1 Å². The molecule has 2 aliphatic heterocycles. The van der Waals surface area contributed by atoms with Gasteiger partial charge in [0.05, 0.1) is 5.41 Å². The number of benzene rings is 1. The highest BCUT2D eigenvalue weighted by Crippen LogP contribution is 2.65. The van der Waals surface area contributed by atoms with Gasteiger partial charge in [0, 0.05) is 25.2 Å². The molecule has 0 aromatic heterocycles. The molecule has 1 aliphatic carbocycles. The number of hydrogen-bond acceptors (Lipinski definition) is 3. The van der Waals surface area contributed by atoms with Crippen molar-refractivity contribution in [3.63, 3.8) is 0 Å². The minimum absolute atomic E-state index is 0. The predicted octanol–water partition coefficient (Wildman–Crippen LogP) is 3.23. The van der Waals surface area contributed by atoms with Crippen LogP contribution in [-0.2, 0) is 10.2 Å². The summed E-state index contributed by atoms with van der Waals surface area (Å²) >= 11 is 0. The molecule has 1 spiro atoms. The minimum Gasteiger partial charge on any atom is -0.339 e. The first-order chi connectivity index (χ1) is 12.3. The third-order valence-corrected chi connectivity index (χ3v) is 7.26. The maximum Gasteiger partial charge on any atom is 0.233 e. The van der Waals surface area contributed by atoms with Crippen molar-refractivity contribution >= 4 is 30.7 Å². The first-order valence-electron chi connectivity index (χ1n) is 9.78. The Morgan fingerprint density at radius 2 is 1.64 bits per heavy atom.